The zero-order chi connectivity index (χ0) is 11.9. The molecule has 0 spiro atoms. The number of hydrogen-bond acceptors (Lipinski definition) is 2. The number of hydrogen-bond donors (Lipinski definition) is 3. The van der Waals surface area contributed by atoms with Gasteiger partial charge in [0, 0.05) is 5.02 Å². The minimum Gasteiger partial charge on any atom is -0.481 e. The lowest BCUT2D eigenvalue weighted by Gasteiger charge is -2.08. The lowest BCUT2D eigenvalue weighted by molar-refractivity contribution is -0.138. The Morgan fingerprint density at radius 3 is 2.50 bits per heavy atom. The largest absolute Gasteiger partial charge is 0.481 e. The van der Waals surface area contributed by atoms with Crippen LogP contribution in [0.15, 0.2) is 16.9 Å². The molecule has 0 aliphatic rings. The van der Waals surface area contributed by atoms with Gasteiger partial charge in [0.15, 0.2) is 0 Å². The van der Waals surface area contributed by atoms with Crippen molar-refractivity contribution < 1.29 is 9.90 Å². The highest BCUT2D eigenvalue weighted by atomic mass is 35.5. The van der Waals surface area contributed by atoms with E-state index in [1.807, 2.05) is 0 Å². The molecule has 84 valence electrons. The lowest BCUT2D eigenvalue weighted by Crippen LogP contribution is -2.07. The van der Waals surface area contributed by atoms with E-state index in [4.69, 9.17) is 16.7 Å². The average Bonchev–Trinajstić information content (AvgIpc) is 2.54. The predicted octanol–water partition coefficient (Wildman–Crippen LogP) is 1.70. The van der Waals surface area contributed by atoms with Crippen molar-refractivity contribution in [2.24, 2.45) is 0 Å². The maximum atomic E-state index is 11.0. The molecule has 3 N–H and O–H groups in total. The van der Waals surface area contributed by atoms with Gasteiger partial charge in [0.25, 0.3) is 0 Å². The number of halogens is 1. The Hall–Kier alpha value is -1.75. The van der Waals surface area contributed by atoms with Crippen molar-refractivity contribution in [2.75, 3.05) is 0 Å². The first kappa shape index (κ1) is 10.8. The number of aromatic amines is 2. The van der Waals surface area contributed by atoms with Crippen LogP contribution in [0.4, 0.5) is 0 Å². The summed E-state index contributed by atoms with van der Waals surface area (Å²) >= 11 is 5.95. The Kier molecular flexibility index (Phi) is 2.47. The van der Waals surface area contributed by atoms with E-state index in [1.54, 1.807) is 19.1 Å². The van der Waals surface area contributed by atoms with Crippen molar-refractivity contribution in [1.29, 1.82) is 0 Å². The van der Waals surface area contributed by atoms with Crippen LogP contribution in [-0.4, -0.2) is 21.0 Å². The number of aliphatic carboxylic acids is 1. The minimum atomic E-state index is -0.959. The van der Waals surface area contributed by atoms with E-state index in [9.17, 15) is 9.59 Å². The molecule has 0 saturated heterocycles. The molecule has 5 nitrogen and oxygen atoms in total. The minimum absolute atomic E-state index is 0.331. The average molecular weight is 241 g/mol. The van der Waals surface area contributed by atoms with Crippen molar-refractivity contribution in [1.82, 2.24) is 9.97 Å². The number of carbonyl (C=O) groups is 1. The van der Waals surface area contributed by atoms with Crippen molar-refractivity contribution in [3.8, 4) is 0 Å². The van der Waals surface area contributed by atoms with Gasteiger partial charge >= 0.3 is 11.7 Å². The van der Waals surface area contributed by atoms with Crippen LogP contribution in [0, 0.1) is 0 Å². The smallest absolute Gasteiger partial charge is 0.323 e. The third kappa shape index (κ3) is 1.69. The van der Waals surface area contributed by atoms with Crippen LogP contribution in [0.25, 0.3) is 11.0 Å². The van der Waals surface area contributed by atoms with Crippen LogP contribution in [0.2, 0.25) is 5.02 Å². The van der Waals surface area contributed by atoms with Crippen LogP contribution >= 0.6 is 11.6 Å². The van der Waals surface area contributed by atoms with Gasteiger partial charge in [-0.2, -0.15) is 0 Å². The Morgan fingerprint density at radius 1 is 1.38 bits per heavy atom. The second kappa shape index (κ2) is 3.68. The third-order valence-corrected chi connectivity index (χ3v) is 2.80. The SMILES string of the molecule is CC(C(=O)O)c1cc2[nH]c(=O)[nH]c2cc1Cl. The summed E-state index contributed by atoms with van der Waals surface area (Å²) in [7, 11) is 0. The molecule has 1 aromatic heterocycles. The summed E-state index contributed by atoms with van der Waals surface area (Å²) in [6.45, 7) is 1.54. The third-order valence-electron chi connectivity index (χ3n) is 2.47. The Labute approximate surface area is 95.1 Å². The molecule has 2 aromatic rings. The fourth-order valence-corrected chi connectivity index (χ4v) is 1.86. The first-order chi connectivity index (χ1) is 7.49. The highest BCUT2D eigenvalue weighted by Gasteiger charge is 2.18. The monoisotopic (exact) mass is 240 g/mol. The molecule has 1 aromatic carbocycles. The van der Waals surface area contributed by atoms with Gasteiger partial charge in [-0.05, 0) is 24.6 Å². The van der Waals surface area contributed by atoms with E-state index in [0.717, 1.165) is 0 Å². The maximum absolute atomic E-state index is 11.0. The van der Waals surface area contributed by atoms with E-state index in [1.165, 1.54) is 0 Å². The molecule has 1 atom stereocenters. The van der Waals surface area contributed by atoms with Gasteiger partial charge in [0.1, 0.15) is 0 Å². The molecule has 1 heterocycles. The summed E-state index contributed by atoms with van der Waals surface area (Å²) in [4.78, 5) is 27.0. The number of imidazole rings is 1. The molecule has 0 bridgehead atoms. The van der Waals surface area contributed by atoms with Crippen molar-refractivity contribution in [2.45, 2.75) is 12.8 Å². The highest BCUT2D eigenvalue weighted by molar-refractivity contribution is 6.32. The Balaban J connectivity index is 2.66. The molecule has 1 unspecified atom stereocenters. The van der Waals surface area contributed by atoms with Gasteiger partial charge in [0.2, 0.25) is 0 Å². The number of carboxylic acids is 1. The zero-order valence-electron chi connectivity index (χ0n) is 8.37. The zero-order valence-corrected chi connectivity index (χ0v) is 9.13. The van der Waals surface area contributed by atoms with Gasteiger partial charge in [-0.1, -0.05) is 11.6 Å². The molecule has 16 heavy (non-hydrogen) atoms. The molecule has 6 heteroatoms. The standard InChI is InChI=1S/C10H9ClN2O3/c1-4(9(14)15)5-2-7-8(3-6(5)11)13-10(16)12-7/h2-4H,1H3,(H,14,15)(H2,12,13,16). The summed E-state index contributed by atoms with van der Waals surface area (Å²) in [5.41, 5.74) is 1.26. The molecule has 2 rings (SSSR count). The van der Waals surface area contributed by atoms with E-state index >= 15 is 0 Å². The number of rotatable bonds is 2. The van der Waals surface area contributed by atoms with Gasteiger partial charge in [0.05, 0.1) is 17.0 Å². The molecule has 0 aliphatic heterocycles. The van der Waals surface area contributed by atoms with Crippen LogP contribution in [-0.2, 0) is 4.79 Å². The second-order valence-corrected chi connectivity index (χ2v) is 3.97. The molecular weight excluding hydrogens is 232 g/mol. The van der Waals surface area contributed by atoms with Crippen LogP contribution < -0.4 is 5.69 Å². The summed E-state index contributed by atoms with van der Waals surface area (Å²) < 4.78 is 0. The summed E-state index contributed by atoms with van der Waals surface area (Å²) in [6, 6.07) is 3.12. The van der Waals surface area contributed by atoms with Crippen LogP contribution in [0.1, 0.15) is 18.4 Å². The number of aromatic nitrogens is 2. The van der Waals surface area contributed by atoms with Crippen LogP contribution in [0.3, 0.4) is 0 Å². The van der Waals surface area contributed by atoms with Gasteiger partial charge in [-0.25, -0.2) is 4.79 Å². The van der Waals surface area contributed by atoms with E-state index in [2.05, 4.69) is 9.97 Å². The summed E-state index contributed by atoms with van der Waals surface area (Å²) in [5, 5.41) is 9.23. The highest BCUT2D eigenvalue weighted by Crippen LogP contribution is 2.27. The van der Waals surface area contributed by atoms with Crippen LogP contribution in [0.5, 0.6) is 0 Å². The first-order valence-electron chi connectivity index (χ1n) is 4.63. The lowest BCUT2D eigenvalue weighted by atomic mass is 10.0. The van der Waals surface area contributed by atoms with Crippen molar-refractivity contribution in [3.05, 3.63) is 33.2 Å². The van der Waals surface area contributed by atoms with E-state index < -0.39 is 11.9 Å². The first-order valence-corrected chi connectivity index (χ1v) is 5.01. The number of benzene rings is 1. The van der Waals surface area contributed by atoms with Gasteiger partial charge in [-0.15, -0.1) is 0 Å². The topological polar surface area (TPSA) is 85.9 Å². The van der Waals surface area contributed by atoms with Gasteiger partial charge < -0.3 is 15.1 Å². The molecule has 0 aliphatic carbocycles. The molecule has 0 fully saturated rings. The maximum Gasteiger partial charge on any atom is 0.323 e. The number of H-pyrrole nitrogens is 2. The Morgan fingerprint density at radius 2 is 1.94 bits per heavy atom. The van der Waals surface area contributed by atoms with E-state index in [-0.39, 0.29) is 5.69 Å². The number of fused-ring (bicyclic) bond motifs is 1. The predicted molar refractivity (Wildman–Crippen MR) is 60.0 cm³/mol. The fraction of sp³-hybridized carbons (Fsp3) is 0.200. The summed E-state index contributed by atoms with van der Waals surface area (Å²) in [6.07, 6.45) is 0. The second-order valence-electron chi connectivity index (χ2n) is 3.56. The number of nitrogens with one attached hydrogen (secondary N) is 2. The van der Waals surface area contributed by atoms with Crippen molar-refractivity contribution in [3.63, 3.8) is 0 Å². The van der Waals surface area contributed by atoms with Crippen molar-refractivity contribution >= 4 is 28.6 Å². The molecular formula is C10H9ClN2O3. The summed E-state index contributed by atoms with van der Waals surface area (Å²) in [5.74, 6) is -1.67. The van der Waals surface area contributed by atoms with Gasteiger partial charge in [-0.3, -0.25) is 4.79 Å². The van der Waals surface area contributed by atoms with E-state index in [0.29, 0.717) is 21.6 Å². The fourth-order valence-electron chi connectivity index (χ4n) is 1.54. The normalized spacial score (nSPS) is 12.9. The molecule has 0 radical (unpaired) electrons. The molecule has 0 saturated carbocycles. The number of carboxylic acid groups (broad SMARTS) is 1. The molecule has 0 amide bonds. The Bertz CT molecular complexity index is 614. The quantitative estimate of drug-likeness (QED) is 0.747.